The standard InChI is InChI=1S/C12H18O/c1-5-13-11-9-7-6-8-10(11)12(2,3)4/h6-9H,5H2,1-4H3. The van der Waals surface area contributed by atoms with Gasteiger partial charge in [-0.05, 0) is 24.0 Å². The van der Waals surface area contributed by atoms with Crippen LogP contribution in [0.4, 0.5) is 0 Å². The van der Waals surface area contributed by atoms with Crippen LogP contribution in [0.2, 0.25) is 0 Å². The fourth-order valence-electron chi connectivity index (χ4n) is 1.37. The Bertz CT molecular complexity index is 271. The first-order valence-electron chi connectivity index (χ1n) is 4.78. The first-order chi connectivity index (χ1) is 6.05. The molecule has 1 aromatic rings. The van der Waals surface area contributed by atoms with Gasteiger partial charge in [-0.15, -0.1) is 0 Å². The van der Waals surface area contributed by atoms with Crippen molar-refractivity contribution < 1.29 is 4.74 Å². The fourth-order valence-corrected chi connectivity index (χ4v) is 1.37. The molecule has 1 heteroatoms. The maximum Gasteiger partial charge on any atom is 0.122 e. The zero-order valence-corrected chi connectivity index (χ0v) is 8.92. The van der Waals surface area contributed by atoms with Crippen molar-refractivity contribution in [3.05, 3.63) is 29.8 Å². The largest absolute Gasteiger partial charge is 0.494 e. The minimum Gasteiger partial charge on any atom is -0.494 e. The van der Waals surface area contributed by atoms with E-state index in [0.717, 1.165) is 12.4 Å². The summed E-state index contributed by atoms with van der Waals surface area (Å²) < 4.78 is 5.56. The molecule has 72 valence electrons. The van der Waals surface area contributed by atoms with E-state index in [1.54, 1.807) is 0 Å². The highest BCUT2D eigenvalue weighted by Gasteiger charge is 2.17. The lowest BCUT2D eigenvalue weighted by Gasteiger charge is -2.22. The average molecular weight is 178 g/mol. The maximum atomic E-state index is 5.56. The van der Waals surface area contributed by atoms with Crippen molar-refractivity contribution in [2.75, 3.05) is 6.61 Å². The van der Waals surface area contributed by atoms with Crippen LogP contribution in [0.5, 0.6) is 5.75 Å². The van der Waals surface area contributed by atoms with Crippen LogP contribution in [0.3, 0.4) is 0 Å². The zero-order valence-electron chi connectivity index (χ0n) is 8.92. The topological polar surface area (TPSA) is 9.23 Å². The molecule has 0 amide bonds. The van der Waals surface area contributed by atoms with E-state index in [0.29, 0.717) is 0 Å². The molecule has 0 saturated heterocycles. The fraction of sp³-hybridized carbons (Fsp3) is 0.500. The van der Waals surface area contributed by atoms with E-state index in [-0.39, 0.29) is 5.41 Å². The van der Waals surface area contributed by atoms with Crippen LogP contribution in [0, 0.1) is 0 Å². The Morgan fingerprint density at radius 1 is 1.15 bits per heavy atom. The van der Waals surface area contributed by atoms with E-state index in [2.05, 4.69) is 32.9 Å². The highest BCUT2D eigenvalue weighted by molar-refractivity contribution is 5.38. The molecular weight excluding hydrogens is 160 g/mol. The summed E-state index contributed by atoms with van der Waals surface area (Å²) >= 11 is 0. The molecule has 0 fully saturated rings. The molecule has 0 aliphatic heterocycles. The van der Waals surface area contributed by atoms with Crippen LogP contribution in [0.15, 0.2) is 24.3 Å². The van der Waals surface area contributed by atoms with Crippen LogP contribution in [-0.4, -0.2) is 6.61 Å². The summed E-state index contributed by atoms with van der Waals surface area (Å²) in [5.74, 6) is 1.01. The smallest absolute Gasteiger partial charge is 0.122 e. The normalized spacial score (nSPS) is 11.4. The third-order valence-corrected chi connectivity index (χ3v) is 1.99. The van der Waals surface area contributed by atoms with E-state index in [9.17, 15) is 0 Å². The Kier molecular flexibility index (Phi) is 2.97. The van der Waals surface area contributed by atoms with Crippen LogP contribution >= 0.6 is 0 Å². The Balaban J connectivity index is 3.05. The van der Waals surface area contributed by atoms with E-state index < -0.39 is 0 Å². The number of rotatable bonds is 2. The van der Waals surface area contributed by atoms with Gasteiger partial charge in [0.25, 0.3) is 0 Å². The molecular formula is C12H18O. The maximum absolute atomic E-state index is 5.56. The van der Waals surface area contributed by atoms with Gasteiger partial charge in [0.05, 0.1) is 6.61 Å². The van der Waals surface area contributed by atoms with Gasteiger partial charge < -0.3 is 4.74 Å². The van der Waals surface area contributed by atoms with Gasteiger partial charge in [0, 0.05) is 0 Å². The number of hydrogen-bond donors (Lipinski definition) is 0. The average Bonchev–Trinajstić information content (AvgIpc) is 2.04. The Morgan fingerprint density at radius 3 is 2.31 bits per heavy atom. The van der Waals surface area contributed by atoms with Crippen molar-refractivity contribution in [3.8, 4) is 5.75 Å². The van der Waals surface area contributed by atoms with Gasteiger partial charge in [-0.25, -0.2) is 0 Å². The number of hydrogen-bond acceptors (Lipinski definition) is 1. The third-order valence-electron chi connectivity index (χ3n) is 1.99. The van der Waals surface area contributed by atoms with Gasteiger partial charge in [0.15, 0.2) is 0 Å². The lowest BCUT2D eigenvalue weighted by atomic mass is 9.86. The molecule has 0 aliphatic carbocycles. The minimum absolute atomic E-state index is 0.158. The van der Waals surface area contributed by atoms with Crippen molar-refractivity contribution in [2.45, 2.75) is 33.1 Å². The molecule has 0 saturated carbocycles. The second-order valence-corrected chi connectivity index (χ2v) is 4.18. The quantitative estimate of drug-likeness (QED) is 0.674. The summed E-state index contributed by atoms with van der Waals surface area (Å²) in [6.45, 7) is 9.34. The first-order valence-corrected chi connectivity index (χ1v) is 4.78. The second-order valence-electron chi connectivity index (χ2n) is 4.18. The van der Waals surface area contributed by atoms with Gasteiger partial charge in [-0.3, -0.25) is 0 Å². The zero-order chi connectivity index (χ0) is 9.90. The number of ether oxygens (including phenoxy) is 1. The lowest BCUT2D eigenvalue weighted by Crippen LogP contribution is -2.13. The molecule has 0 aromatic heterocycles. The predicted octanol–water partition coefficient (Wildman–Crippen LogP) is 3.38. The van der Waals surface area contributed by atoms with E-state index in [1.165, 1.54) is 5.56 Å². The molecule has 0 heterocycles. The van der Waals surface area contributed by atoms with Crippen molar-refractivity contribution in [1.82, 2.24) is 0 Å². The van der Waals surface area contributed by atoms with Crippen LogP contribution < -0.4 is 4.74 Å². The molecule has 13 heavy (non-hydrogen) atoms. The van der Waals surface area contributed by atoms with E-state index in [4.69, 9.17) is 4.74 Å². The molecule has 1 rings (SSSR count). The van der Waals surface area contributed by atoms with Gasteiger partial charge in [-0.2, -0.15) is 0 Å². The monoisotopic (exact) mass is 178 g/mol. The van der Waals surface area contributed by atoms with Crippen molar-refractivity contribution in [1.29, 1.82) is 0 Å². The number of benzene rings is 1. The highest BCUT2D eigenvalue weighted by atomic mass is 16.5. The van der Waals surface area contributed by atoms with Gasteiger partial charge in [-0.1, -0.05) is 39.0 Å². The van der Waals surface area contributed by atoms with Crippen LogP contribution in [0.1, 0.15) is 33.3 Å². The summed E-state index contributed by atoms with van der Waals surface area (Å²) in [5.41, 5.74) is 1.43. The predicted molar refractivity (Wildman–Crippen MR) is 56.3 cm³/mol. The highest BCUT2D eigenvalue weighted by Crippen LogP contribution is 2.30. The summed E-state index contributed by atoms with van der Waals surface area (Å²) in [6.07, 6.45) is 0. The summed E-state index contributed by atoms with van der Waals surface area (Å²) in [6, 6.07) is 8.23. The Morgan fingerprint density at radius 2 is 1.77 bits per heavy atom. The Labute approximate surface area is 80.7 Å². The van der Waals surface area contributed by atoms with Crippen molar-refractivity contribution in [2.24, 2.45) is 0 Å². The van der Waals surface area contributed by atoms with Crippen LogP contribution in [0.25, 0.3) is 0 Å². The molecule has 1 nitrogen and oxygen atoms in total. The number of para-hydroxylation sites is 1. The SMILES string of the molecule is CCOc1ccccc1C(C)(C)C. The third kappa shape index (κ3) is 2.48. The molecule has 0 N–H and O–H groups in total. The van der Waals surface area contributed by atoms with Gasteiger partial charge >= 0.3 is 0 Å². The first kappa shape index (κ1) is 10.1. The lowest BCUT2D eigenvalue weighted by molar-refractivity contribution is 0.330. The molecule has 0 aliphatic rings. The van der Waals surface area contributed by atoms with Crippen molar-refractivity contribution in [3.63, 3.8) is 0 Å². The summed E-state index contributed by atoms with van der Waals surface area (Å²) in [4.78, 5) is 0. The van der Waals surface area contributed by atoms with Gasteiger partial charge in [0.1, 0.15) is 5.75 Å². The van der Waals surface area contributed by atoms with E-state index >= 15 is 0 Å². The molecule has 0 radical (unpaired) electrons. The molecule has 0 atom stereocenters. The molecule has 0 unspecified atom stereocenters. The van der Waals surface area contributed by atoms with Crippen molar-refractivity contribution >= 4 is 0 Å². The van der Waals surface area contributed by atoms with E-state index in [1.807, 2.05) is 19.1 Å². The van der Waals surface area contributed by atoms with Gasteiger partial charge in [0.2, 0.25) is 0 Å². The summed E-state index contributed by atoms with van der Waals surface area (Å²) in [5, 5.41) is 0. The Hall–Kier alpha value is -0.980. The molecule has 0 spiro atoms. The minimum atomic E-state index is 0.158. The molecule has 0 bridgehead atoms. The summed E-state index contributed by atoms with van der Waals surface area (Å²) in [7, 11) is 0. The van der Waals surface area contributed by atoms with Crippen LogP contribution in [-0.2, 0) is 5.41 Å². The second kappa shape index (κ2) is 3.82. The molecule has 1 aromatic carbocycles.